The van der Waals surface area contributed by atoms with Crippen molar-refractivity contribution in [2.24, 2.45) is 5.73 Å². The van der Waals surface area contributed by atoms with Crippen LogP contribution < -0.4 is 10.5 Å². The van der Waals surface area contributed by atoms with E-state index in [4.69, 9.17) is 22.1 Å². The Kier molecular flexibility index (Phi) is 6.53. The Bertz CT molecular complexity index is 575. The van der Waals surface area contributed by atoms with E-state index in [0.29, 0.717) is 36.7 Å². The van der Waals surface area contributed by atoms with Crippen LogP contribution in [0.25, 0.3) is 0 Å². The molecule has 1 aliphatic rings. The van der Waals surface area contributed by atoms with Crippen LogP contribution in [0, 0.1) is 0 Å². The van der Waals surface area contributed by atoms with Gasteiger partial charge in [0.25, 0.3) is 0 Å². The summed E-state index contributed by atoms with van der Waals surface area (Å²) in [4.78, 5) is 13.0. The third-order valence-corrected chi connectivity index (χ3v) is 4.18. The number of halogens is 4. The Hall–Kier alpha value is -1.51. The average Bonchev–Trinajstić information content (AvgIpc) is 2.54. The van der Waals surface area contributed by atoms with Gasteiger partial charge in [0.1, 0.15) is 11.9 Å². The number of rotatable bonds is 5. The lowest BCUT2D eigenvalue weighted by molar-refractivity contribution is -0.212. The molecule has 2 unspecified atom stereocenters. The fraction of sp³-hybridized carbons (Fsp3) is 0.562. The molecule has 1 aromatic rings. The van der Waals surface area contributed by atoms with Crippen molar-refractivity contribution in [1.29, 1.82) is 0 Å². The molecule has 25 heavy (non-hydrogen) atoms. The Labute approximate surface area is 148 Å². The van der Waals surface area contributed by atoms with Crippen molar-refractivity contribution in [2.75, 3.05) is 13.1 Å². The minimum absolute atomic E-state index is 0.0421. The second kappa shape index (κ2) is 8.25. The smallest absolute Gasteiger partial charge is 0.471 e. The van der Waals surface area contributed by atoms with Gasteiger partial charge in [-0.05, 0) is 44.0 Å². The highest BCUT2D eigenvalue weighted by Gasteiger charge is 2.43. The number of likely N-dealkylation sites (tertiary alicyclic amines) is 1. The van der Waals surface area contributed by atoms with Gasteiger partial charge in [0.2, 0.25) is 0 Å². The quantitative estimate of drug-likeness (QED) is 0.796. The standard InChI is InChI=1S/C16H20ClF3N2O3/c1-10(24-15(23)16(18,19)20)14(22-8-6-12(21)7-9-22)25-13-4-2-11(17)3-5-13/h2-5,10,12,14H,6-9,21H2,1H3. The van der Waals surface area contributed by atoms with Gasteiger partial charge in [-0.25, -0.2) is 4.79 Å². The van der Waals surface area contributed by atoms with Crippen LogP contribution in [0.5, 0.6) is 5.75 Å². The van der Waals surface area contributed by atoms with Gasteiger partial charge < -0.3 is 15.2 Å². The number of hydrogen-bond acceptors (Lipinski definition) is 5. The largest absolute Gasteiger partial charge is 0.490 e. The van der Waals surface area contributed by atoms with Crippen molar-refractivity contribution < 1.29 is 27.4 Å². The predicted molar refractivity (Wildman–Crippen MR) is 86.3 cm³/mol. The Morgan fingerprint density at radius 2 is 1.84 bits per heavy atom. The molecule has 2 atom stereocenters. The van der Waals surface area contributed by atoms with Crippen molar-refractivity contribution in [1.82, 2.24) is 4.90 Å². The molecular formula is C16H20ClF3N2O3. The second-order valence-corrected chi connectivity index (χ2v) is 6.38. The fourth-order valence-electron chi connectivity index (χ4n) is 2.59. The van der Waals surface area contributed by atoms with Crippen molar-refractivity contribution in [2.45, 2.75) is 44.3 Å². The van der Waals surface area contributed by atoms with Crippen molar-refractivity contribution >= 4 is 17.6 Å². The maximum Gasteiger partial charge on any atom is 0.490 e. The SMILES string of the molecule is CC(OC(=O)C(F)(F)F)C(Oc1ccc(Cl)cc1)N1CCC(N)CC1. The number of ether oxygens (including phenoxy) is 2. The number of carbonyl (C=O) groups is 1. The summed E-state index contributed by atoms with van der Waals surface area (Å²) in [7, 11) is 0. The summed E-state index contributed by atoms with van der Waals surface area (Å²) in [5, 5.41) is 0.504. The lowest BCUT2D eigenvalue weighted by atomic mass is 10.1. The Balaban J connectivity index is 2.13. The zero-order chi connectivity index (χ0) is 18.6. The van der Waals surface area contributed by atoms with E-state index in [9.17, 15) is 18.0 Å². The topological polar surface area (TPSA) is 64.8 Å². The average molecular weight is 381 g/mol. The first-order valence-corrected chi connectivity index (χ1v) is 8.24. The summed E-state index contributed by atoms with van der Waals surface area (Å²) in [6.45, 7) is 2.44. The van der Waals surface area contributed by atoms with Gasteiger partial charge >= 0.3 is 12.1 Å². The van der Waals surface area contributed by atoms with Crippen LogP contribution in [0.15, 0.2) is 24.3 Å². The molecule has 0 saturated carbocycles. The third kappa shape index (κ3) is 5.76. The van der Waals surface area contributed by atoms with E-state index in [0.717, 1.165) is 0 Å². The Morgan fingerprint density at radius 1 is 1.28 bits per heavy atom. The molecule has 0 spiro atoms. The van der Waals surface area contributed by atoms with Crippen molar-refractivity contribution in [3.05, 3.63) is 29.3 Å². The van der Waals surface area contributed by atoms with Crippen LogP contribution in [0.2, 0.25) is 5.02 Å². The molecule has 5 nitrogen and oxygen atoms in total. The summed E-state index contributed by atoms with van der Waals surface area (Å²) < 4.78 is 47.8. The highest BCUT2D eigenvalue weighted by Crippen LogP contribution is 2.24. The normalized spacial score (nSPS) is 19.3. The van der Waals surface area contributed by atoms with E-state index in [1.165, 1.54) is 6.92 Å². The number of carbonyl (C=O) groups excluding carboxylic acids is 1. The summed E-state index contributed by atoms with van der Waals surface area (Å²) >= 11 is 5.82. The van der Waals surface area contributed by atoms with Crippen molar-refractivity contribution in [3.8, 4) is 5.75 Å². The molecule has 1 heterocycles. The van der Waals surface area contributed by atoms with E-state index in [1.807, 2.05) is 4.90 Å². The van der Waals surface area contributed by atoms with Crippen LogP contribution in [-0.4, -0.2) is 48.5 Å². The van der Waals surface area contributed by atoms with Gasteiger partial charge in [-0.3, -0.25) is 4.90 Å². The number of piperidine rings is 1. The molecule has 0 aromatic heterocycles. The van der Waals surface area contributed by atoms with Crippen LogP contribution in [0.3, 0.4) is 0 Å². The van der Waals surface area contributed by atoms with Crippen LogP contribution in [0.1, 0.15) is 19.8 Å². The minimum Gasteiger partial charge on any atom is -0.471 e. The summed E-state index contributed by atoms with van der Waals surface area (Å²) in [6, 6.07) is 6.45. The van der Waals surface area contributed by atoms with E-state index < -0.39 is 24.5 Å². The zero-order valence-corrected chi connectivity index (χ0v) is 14.4. The molecule has 0 amide bonds. The summed E-state index contributed by atoms with van der Waals surface area (Å²) in [5.74, 6) is -1.82. The maximum absolute atomic E-state index is 12.5. The first kappa shape index (κ1) is 19.8. The van der Waals surface area contributed by atoms with Gasteiger partial charge in [-0.15, -0.1) is 0 Å². The Morgan fingerprint density at radius 3 is 2.36 bits per heavy atom. The van der Waals surface area contributed by atoms with Gasteiger partial charge in [0.05, 0.1) is 0 Å². The van der Waals surface area contributed by atoms with E-state index >= 15 is 0 Å². The number of benzene rings is 1. The number of esters is 1. The van der Waals surface area contributed by atoms with Crippen LogP contribution in [0.4, 0.5) is 13.2 Å². The second-order valence-electron chi connectivity index (χ2n) is 5.94. The van der Waals surface area contributed by atoms with Gasteiger partial charge in [-0.1, -0.05) is 11.6 Å². The number of alkyl halides is 3. The molecule has 1 fully saturated rings. The lowest BCUT2D eigenvalue weighted by Crippen LogP contribution is -2.53. The van der Waals surface area contributed by atoms with Gasteiger partial charge in [0.15, 0.2) is 6.23 Å². The number of nitrogens with two attached hydrogens (primary N) is 1. The maximum atomic E-state index is 12.5. The first-order valence-electron chi connectivity index (χ1n) is 7.86. The minimum atomic E-state index is -5.05. The molecule has 9 heteroatoms. The molecule has 1 saturated heterocycles. The number of hydrogen-bond donors (Lipinski definition) is 1. The van der Waals surface area contributed by atoms with Crippen molar-refractivity contribution in [3.63, 3.8) is 0 Å². The molecule has 0 aliphatic carbocycles. The molecule has 1 aromatic carbocycles. The van der Waals surface area contributed by atoms with E-state index in [2.05, 4.69) is 4.74 Å². The zero-order valence-electron chi connectivity index (χ0n) is 13.6. The molecular weight excluding hydrogens is 361 g/mol. The highest BCUT2D eigenvalue weighted by atomic mass is 35.5. The van der Waals surface area contributed by atoms with Gasteiger partial charge in [-0.2, -0.15) is 13.2 Å². The summed E-state index contributed by atoms with van der Waals surface area (Å²) in [5.41, 5.74) is 5.86. The third-order valence-electron chi connectivity index (χ3n) is 3.93. The first-order chi connectivity index (χ1) is 11.7. The predicted octanol–water partition coefficient (Wildman–Crippen LogP) is 2.96. The molecule has 2 rings (SSSR count). The van der Waals surface area contributed by atoms with Gasteiger partial charge in [0, 0.05) is 24.2 Å². The van der Waals surface area contributed by atoms with Crippen LogP contribution >= 0.6 is 11.6 Å². The van der Waals surface area contributed by atoms with E-state index in [1.54, 1.807) is 24.3 Å². The monoisotopic (exact) mass is 380 g/mol. The lowest BCUT2D eigenvalue weighted by Gasteiger charge is -2.38. The van der Waals surface area contributed by atoms with Crippen LogP contribution in [-0.2, 0) is 9.53 Å². The fourth-order valence-corrected chi connectivity index (χ4v) is 2.71. The molecule has 0 bridgehead atoms. The van der Waals surface area contributed by atoms with E-state index in [-0.39, 0.29) is 6.04 Å². The highest BCUT2D eigenvalue weighted by molar-refractivity contribution is 6.30. The summed E-state index contributed by atoms with van der Waals surface area (Å²) in [6.07, 6.45) is -5.68. The molecule has 2 N–H and O–H groups in total. The number of nitrogens with zero attached hydrogens (tertiary/aromatic N) is 1. The molecule has 0 radical (unpaired) electrons. The molecule has 1 aliphatic heterocycles. The molecule has 140 valence electrons.